The lowest BCUT2D eigenvalue weighted by Crippen LogP contribution is -2.48. The van der Waals surface area contributed by atoms with Crippen LogP contribution in [0.2, 0.25) is 0 Å². The Morgan fingerprint density at radius 3 is 2.25 bits per heavy atom. The van der Waals surface area contributed by atoms with Crippen LogP contribution in [0.4, 0.5) is 13.2 Å². The minimum atomic E-state index is -4.35. The fourth-order valence-corrected chi connectivity index (χ4v) is 3.45. The van der Waals surface area contributed by atoms with Crippen LogP contribution in [-0.4, -0.2) is 48.6 Å². The van der Waals surface area contributed by atoms with Gasteiger partial charge in [0.2, 0.25) is 0 Å². The highest BCUT2D eigenvalue weighted by Gasteiger charge is 2.31. The highest BCUT2D eigenvalue weighted by Crippen LogP contribution is 2.31. The molecule has 0 aliphatic carbocycles. The summed E-state index contributed by atoms with van der Waals surface area (Å²) in [4.78, 5) is 4.77. The molecule has 152 valence electrons. The van der Waals surface area contributed by atoms with E-state index in [1.165, 1.54) is 11.6 Å². The summed E-state index contributed by atoms with van der Waals surface area (Å²) >= 11 is 0. The van der Waals surface area contributed by atoms with Crippen molar-refractivity contribution in [2.45, 2.75) is 32.2 Å². The number of nitrogens with zero attached hydrogens (tertiary/aromatic N) is 2. The van der Waals surface area contributed by atoms with Crippen LogP contribution in [0.15, 0.2) is 54.6 Å². The monoisotopic (exact) mass is 392 g/mol. The van der Waals surface area contributed by atoms with E-state index in [1.807, 2.05) is 13.0 Å². The highest BCUT2D eigenvalue weighted by atomic mass is 19.4. The predicted molar refractivity (Wildman–Crippen MR) is 104 cm³/mol. The van der Waals surface area contributed by atoms with Crippen molar-refractivity contribution in [3.05, 3.63) is 65.7 Å². The molecule has 2 aromatic carbocycles. The number of hydrogen-bond acceptors (Lipinski definition) is 3. The summed E-state index contributed by atoms with van der Waals surface area (Å²) in [7, 11) is 0. The zero-order valence-corrected chi connectivity index (χ0v) is 16.2. The number of alkyl halides is 3. The van der Waals surface area contributed by atoms with Crippen molar-refractivity contribution in [2.24, 2.45) is 0 Å². The molecule has 0 amide bonds. The van der Waals surface area contributed by atoms with Gasteiger partial charge in [-0.3, -0.25) is 9.80 Å². The van der Waals surface area contributed by atoms with Crippen LogP contribution in [0.3, 0.4) is 0 Å². The summed E-state index contributed by atoms with van der Waals surface area (Å²) in [5.41, 5.74) is 0.643. The van der Waals surface area contributed by atoms with Gasteiger partial charge in [-0.15, -0.1) is 0 Å². The molecule has 3 nitrogen and oxygen atoms in total. The van der Waals surface area contributed by atoms with Gasteiger partial charge in [0, 0.05) is 39.3 Å². The first-order valence-corrected chi connectivity index (χ1v) is 9.76. The van der Waals surface area contributed by atoms with Crippen LogP contribution in [0.5, 0.6) is 5.75 Å². The second-order valence-electron chi connectivity index (χ2n) is 7.24. The predicted octanol–water partition coefficient (Wildman–Crippen LogP) is 4.68. The fourth-order valence-electron chi connectivity index (χ4n) is 3.45. The Balaban J connectivity index is 1.49. The van der Waals surface area contributed by atoms with Gasteiger partial charge in [-0.2, -0.15) is 13.2 Å². The van der Waals surface area contributed by atoms with E-state index >= 15 is 0 Å². The first-order chi connectivity index (χ1) is 13.4. The molecule has 0 radical (unpaired) electrons. The lowest BCUT2D eigenvalue weighted by molar-refractivity contribution is -0.137. The quantitative estimate of drug-likeness (QED) is 0.680. The topological polar surface area (TPSA) is 15.7 Å². The standard InChI is InChI=1S/C22H27F3N2O/c1-2-20(28-21-10-6-9-19(15-21)22(23,24)25)17-27-13-11-26(12-14-27)16-18-7-4-3-5-8-18/h3-10,15,20H,2,11-14,16-17H2,1H3. The van der Waals surface area contributed by atoms with E-state index in [4.69, 9.17) is 4.74 Å². The third kappa shape index (κ3) is 5.97. The fraction of sp³-hybridized carbons (Fsp3) is 0.455. The SMILES string of the molecule is CCC(CN1CCN(Cc2ccccc2)CC1)Oc1cccc(C(F)(F)F)c1. The molecule has 1 heterocycles. The Kier molecular flexibility index (Phi) is 6.97. The Hall–Kier alpha value is -2.05. The van der Waals surface area contributed by atoms with Gasteiger partial charge in [0.25, 0.3) is 0 Å². The smallest absolute Gasteiger partial charge is 0.416 e. The summed E-state index contributed by atoms with van der Waals surface area (Å²) in [5, 5.41) is 0. The number of piperazine rings is 1. The molecule has 6 heteroatoms. The van der Waals surface area contributed by atoms with Crippen molar-refractivity contribution in [1.82, 2.24) is 9.80 Å². The molecular formula is C22H27F3N2O. The van der Waals surface area contributed by atoms with Crippen molar-refractivity contribution in [2.75, 3.05) is 32.7 Å². The Labute approximate surface area is 164 Å². The first-order valence-electron chi connectivity index (χ1n) is 9.76. The van der Waals surface area contributed by atoms with Crippen LogP contribution in [0.1, 0.15) is 24.5 Å². The van der Waals surface area contributed by atoms with E-state index in [-0.39, 0.29) is 11.9 Å². The average molecular weight is 392 g/mol. The van der Waals surface area contributed by atoms with Gasteiger partial charge < -0.3 is 4.74 Å². The molecule has 2 aromatic rings. The molecule has 1 aliphatic rings. The van der Waals surface area contributed by atoms with E-state index in [0.29, 0.717) is 0 Å². The molecule has 1 atom stereocenters. The van der Waals surface area contributed by atoms with Crippen LogP contribution < -0.4 is 4.74 Å². The first kappa shape index (κ1) is 20.7. The van der Waals surface area contributed by atoms with E-state index in [9.17, 15) is 13.2 Å². The van der Waals surface area contributed by atoms with E-state index in [2.05, 4.69) is 34.1 Å². The molecule has 1 aliphatic heterocycles. The second-order valence-corrected chi connectivity index (χ2v) is 7.24. The molecular weight excluding hydrogens is 365 g/mol. The van der Waals surface area contributed by atoms with Crippen molar-refractivity contribution in [3.63, 3.8) is 0 Å². The maximum atomic E-state index is 12.9. The van der Waals surface area contributed by atoms with Gasteiger partial charge in [-0.05, 0) is 30.2 Å². The summed E-state index contributed by atoms with van der Waals surface area (Å²) in [6, 6.07) is 15.6. The minimum absolute atomic E-state index is 0.121. The zero-order chi connectivity index (χ0) is 20.0. The van der Waals surface area contributed by atoms with E-state index < -0.39 is 11.7 Å². The Morgan fingerprint density at radius 1 is 0.929 bits per heavy atom. The molecule has 1 fully saturated rings. The van der Waals surface area contributed by atoms with Gasteiger partial charge in [-0.1, -0.05) is 43.3 Å². The van der Waals surface area contributed by atoms with Crippen LogP contribution in [0.25, 0.3) is 0 Å². The summed E-state index contributed by atoms with van der Waals surface area (Å²) in [5.74, 6) is 0.282. The van der Waals surface area contributed by atoms with Gasteiger partial charge in [0.05, 0.1) is 5.56 Å². The molecule has 0 bridgehead atoms. The lowest BCUT2D eigenvalue weighted by Gasteiger charge is -2.36. The van der Waals surface area contributed by atoms with Crippen molar-refractivity contribution in [3.8, 4) is 5.75 Å². The van der Waals surface area contributed by atoms with Gasteiger partial charge in [0.15, 0.2) is 0 Å². The maximum Gasteiger partial charge on any atom is 0.416 e. The number of rotatable bonds is 7. The number of benzene rings is 2. The Morgan fingerprint density at radius 2 is 1.61 bits per heavy atom. The molecule has 1 unspecified atom stereocenters. The normalized spacial score (nSPS) is 17.4. The third-order valence-electron chi connectivity index (χ3n) is 5.10. The van der Waals surface area contributed by atoms with Crippen LogP contribution in [0, 0.1) is 0 Å². The lowest BCUT2D eigenvalue weighted by atomic mass is 10.2. The van der Waals surface area contributed by atoms with E-state index in [0.717, 1.165) is 57.8 Å². The molecule has 28 heavy (non-hydrogen) atoms. The second kappa shape index (κ2) is 9.43. The van der Waals surface area contributed by atoms with Crippen molar-refractivity contribution >= 4 is 0 Å². The maximum absolute atomic E-state index is 12.9. The number of halogens is 3. The molecule has 3 rings (SSSR count). The molecule has 0 saturated carbocycles. The largest absolute Gasteiger partial charge is 0.489 e. The summed E-state index contributed by atoms with van der Waals surface area (Å²) in [6.45, 7) is 7.52. The van der Waals surface area contributed by atoms with Gasteiger partial charge in [0.1, 0.15) is 11.9 Å². The van der Waals surface area contributed by atoms with Gasteiger partial charge >= 0.3 is 6.18 Å². The highest BCUT2D eigenvalue weighted by molar-refractivity contribution is 5.30. The van der Waals surface area contributed by atoms with Crippen LogP contribution in [-0.2, 0) is 12.7 Å². The Bertz CT molecular complexity index is 728. The minimum Gasteiger partial charge on any atom is -0.489 e. The molecule has 0 N–H and O–H groups in total. The zero-order valence-electron chi connectivity index (χ0n) is 16.2. The van der Waals surface area contributed by atoms with Crippen LogP contribution >= 0.6 is 0 Å². The van der Waals surface area contributed by atoms with E-state index in [1.54, 1.807) is 6.07 Å². The molecule has 0 spiro atoms. The average Bonchev–Trinajstić information content (AvgIpc) is 2.69. The van der Waals surface area contributed by atoms with Crippen molar-refractivity contribution < 1.29 is 17.9 Å². The number of hydrogen-bond donors (Lipinski definition) is 0. The third-order valence-corrected chi connectivity index (χ3v) is 5.10. The molecule has 1 saturated heterocycles. The molecule has 0 aromatic heterocycles. The van der Waals surface area contributed by atoms with Gasteiger partial charge in [-0.25, -0.2) is 0 Å². The number of ether oxygens (including phenoxy) is 1. The summed E-state index contributed by atoms with van der Waals surface area (Å²) in [6.07, 6.45) is -3.72. The summed E-state index contributed by atoms with van der Waals surface area (Å²) < 4.78 is 44.5. The van der Waals surface area contributed by atoms with Crippen molar-refractivity contribution in [1.29, 1.82) is 0 Å².